The second kappa shape index (κ2) is 6.58. The van der Waals surface area contributed by atoms with Gasteiger partial charge in [-0.05, 0) is 43.4 Å². The largest absolute Gasteiger partial charge is 0.383 e. The Bertz CT molecular complexity index is 513. The Morgan fingerprint density at radius 2 is 2.16 bits per heavy atom. The van der Waals surface area contributed by atoms with E-state index in [0.29, 0.717) is 12.2 Å². The average molecular weight is 301 g/mol. The van der Waals surface area contributed by atoms with Gasteiger partial charge in [-0.15, -0.1) is 0 Å². The lowest BCUT2D eigenvalue weighted by Gasteiger charge is -2.22. The zero-order valence-electron chi connectivity index (χ0n) is 10.9. The van der Waals surface area contributed by atoms with Crippen LogP contribution >= 0.6 is 11.8 Å². The van der Waals surface area contributed by atoms with E-state index < -0.39 is 10.0 Å². The van der Waals surface area contributed by atoms with E-state index in [-0.39, 0.29) is 11.1 Å². The molecule has 1 saturated heterocycles. The van der Waals surface area contributed by atoms with Crippen LogP contribution in [0.5, 0.6) is 0 Å². The van der Waals surface area contributed by atoms with E-state index in [0.717, 1.165) is 24.3 Å². The lowest BCUT2D eigenvalue weighted by molar-refractivity contribution is 0.526. The highest BCUT2D eigenvalue weighted by Crippen LogP contribution is 2.21. The number of anilines is 1. The third-order valence-corrected chi connectivity index (χ3v) is 5.46. The molecule has 2 N–H and O–H groups in total. The molecule has 0 saturated carbocycles. The highest BCUT2D eigenvalue weighted by atomic mass is 32.2. The molecule has 0 aromatic carbocycles. The number of thioether (sulfide) groups is 1. The van der Waals surface area contributed by atoms with Crippen molar-refractivity contribution in [3.8, 4) is 0 Å². The molecule has 0 radical (unpaired) electrons. The first kappa shape index (κ1) is 14.6. The number of aromatic nitrogens is 1. The molecule has 0 spiro atoms. The van der Waals surface area contributed by atoms with Crippen molar-refractivity contribution in [1.29, 1.82) is 0 Å². The molecule has 0 aliphatic carbocycles. The van der Waals surface area contributed by atoms with Crippen molar-refractivity contribution in [1.82, 2.24) is 9.71 Å². The number of hydrogen-bond acceptors (Lipinski definition) is 5. The maximum atomic E-state index is 12.4. The zero-order valence-corrected chi connectivity index (χ0v) is 12.6. The predicted molar refractivity (Wildman–Crippen MR) is 79.1 cm³/mol. The van der Waals surface area contributed by atoms with E-state index >= 15 is 0 Å². The van der Waals surface area contributed by atoms with Crippen molar-refractivity contribution >= 4 is 27.5 Å². The van der Waals surface area contributed by atoms with Crippen LogP contribution in [0.1, 0.15) is 19.8 Å². The van der Waals surface area contributed by atoms with Crippen LogP contribution in [0.25, 0.3) is 0 Å². The Kier molecular flexibility index (Phi) is 5.06. The number of rotatable bonds is 5. The molecule has 2 heterocycles. The van der Waals surface area contributed by atoms with Crippen molar-refractivity contribution < 1.29 is 8.42 Å². The van der Waals surface area contributed by atoms with Crippen molar-refractivity contribution in [2.45, 2.75) is 30.8 Å². The van der Waals surface area contributed by atoms with Gasteiger partial charge in [-0.25, -0.2) is 18.1 Å². The minimum Gasteiger partial charge on any atom is -0.383 e. The molecule has 0 atom stereocenters. The fourth-order valence-electron chi connectivity index (χ4n) is 2.02. The van der Waals surface area contributed by atoms with Crippen molar-refractivity contribution in [2.75, 3.05) is 23.4 Å². The summed E-state index contributed by atoms with van der Waals surface area (Å²) >= 11 is 1.87. The molecular formula is C12H19N3O2S2. The van der Waals surface area contributed by atoms with Gasteiger partial charge in [0, 0.05) is 18.8 Å². The molecule has 1 aromatic rings. The standard InChI is InChI=1S/C12H19N3O2S2/c1-2-13-11-4-3-7-14-12(11)19(16,17)15-10-5-8-18-9-6-10/h3-4,7,10,13,15H,2,5-6,8-9H2,1H3. The Balaban J connectivity index is 2.18. The number of pyridine rings is 1. The van der Waals surface area contributed by atoms with Gasteiger partial charge in [0.25, 0.3) is 10.0 Å². The van der Waals surface area contributed by atoms with Gasteiger partial charge in [-0.2, -0.15) is 11.8 Å². The summed E-state index contributed by atoms with van der Waals surface area (Å²) < 4.78 is 27.5. The number of nitrogens with zero attached hydrogens (tertiary/aromatic N) is 1. The van der Waals surface area contributed by atoms with Gasteiger partial charge < -0.3 is 5.32 Å². The van der Waals surface area contributed by atoms with Gasteiger partial charge in [0.05, 0.1) is 5.69 Å². The Hall–Kier alpha value is -0.790. The Morgan fingerprint density at radius 3 is 2.84 bits per heavy atom. The molecule has 1 aromatic heterocycles. The van der Waals surface area contributed by atoms with Crippen LogP contribution in [0.2, 0.25) is 0 Å². The number of sulfonamides is 1. The topological polar surface area (TPSA) is 71.1 Å². The first-order valence-electron chi connectivity index (χ1n) is 6.42. The van der Waals surface area contributed by atoms with Gasteiger partial charge >= 0.3 is 0 Å². The predicted octanol–water partition coefficient (Wildman–Crippen LogP) is 1.69. The number of hydrogen-bond donors (Lipinski definition) is 2. The lowest BCUT2D eigenvalue weighted by Crippen LogP contribution is -2.37. The molecule has 1 fully saturated rings. The number of nitrogens with one attached hydrogen (secondary N) is 2. The van der Waals surface area contributed by atoms with Gasteiger partial charge in [0.2, 0.25) is 0 Å². The summed E-state index contributed by atoms with van der Waals surface area (Å²) in [6.07, 6.45) is 3.27. The van der Waals surface area contributed by atoms with Crippen LogP contribution in [-0.4, -0.2) is 37.5 Å². The fourth-order valence-corrected chi connectivity index (χ4v) is 4.54. The molecule has 1 aliphatic heterocycles. The van der Waals surface area contributed by atoms with Gasteiger partial charge in [-0.1, -0.05) is 0 Å². The normalized spacial score (nSPS) is 17.3. The summed E-state index contributed by atoms with van der Waals surface area (Å²) in [4.78, 5) is 4.02. The summed E-state index contributed by atoms with van der Waals surface area (Å²) in [6.45, 7) is 2.59. The summed E-state index contributed by atoms with van der Waals surface area (Å²) in [5.41, 5.74) is 0.558. The summed E-state index contributed by atoms with van der Waals surface area (Å²) in [5, 5.41) is 3.13. The Labute approximate surface area is 118 Å². The van der Waals surface area contributed by atoms with E-state index in [2.05, 4.69) is 15.0 Å². The van der Waals surface area contributed by atoms with Crippen molar-refractivity contribution in [3.05, 3.63) is 18.3 Å². The zero-order chi connectivity index (χ0) is 13.7. The Morgan fingerprint density at radius 1 is 1.42 bits per heavy atom. The van der Waals surface area contributed by atoms with Crippen molar-refractivity contribution in [2.24, 2.45) is 0 Å². The van der Waals surface area contributed by atoms with E-state index in [9.17, 15) is 8.42 Å². The van der Waals surface area contributed by atoms with E-state index in [1.165, 1.54) is 6.20 Å². The second-order valence-corrected chi connectivity index (χ2v) is 7.25. The molecule has 106 valence electrons. The maximum Gasteiger partial charge on any atom is 0.260 e. The van der Waals surface area contributed by atoms with Crippen LogP contribution in [0, 0.1) is 0 Å². The van der Waals surface area contributed by atoms with Crippen LogP contribution in [-0.2, 0) is 10.0 Å². The van der Waals surface area contributed by atoms with Crippen LogP contribution in [0.15, 0.2) is 23.4 Å². The third kappa shape index (κ3) is 3.84. The van der Waals surface area contributed by atoms with E-state index in [4.69, 9.17) is 0 Å². The molecule has 0 bridgehead atoms. The van der Waals surface area contributed by atoms with Crippen molar-refractivity contribution in [3.63, 3.8) is 0 Å². The van der Waals surface area contributed by atoms with E-state index in [1.54, 1.807) is 12.1 Å². The highest BCUT2D eigenvalue weighted by molar-refractivity contribution is 7.99. The highest BCUT2D eigenvalue weighted by Gasteiger charge is 2.25. The second-order valence-electron chi connectivity index (χ2n) is 4.39. The summed E-state index contributed by atoms with van der Waals surface area (Å²) in [7, 11) is -3.55. The molecule has 19 heavy (non-hydrogen) atoms. The maximum absolute atomic E-state index is 12.4. The molecule has 0 unspecified atom stereocenters. The lowest BCUT2D eigenvalue weighted by atomic mass is 10.2. The monoisotopic (exact) mass is 301 g/mol. The van der Waals surface area contributed by atoms with Gasteiger partial charge in [-0.3, -0.25) is 0 Å². The third-order valence-electron chi connectivity index (χ3n) is 2.94. The molecule has 0 amide bonds. The first-order valence-corrected chi connectivity index (χ1v) is 9.06. The fraction of sp³-hybridized carbons (Fsp3) is 0.583. The SMILES string of the molecule is CCNc1cccnc1S(=O)(=O)NC1CCSCC1. The summed E-state index contributed by atoms with van der Waals surface area (Å²) in [6, 6.07) is 3.50. The molecule has 2 rings (SSSR count). The van der Waals surface area contributed by atoms with Crippen LogP contribution in [0.4, 0.5) is 5.69 Å². The molecule has 1 aliphatic rings. The van der Waals surface area contributed by atoms with Crippen LogP contribution in [0.3, 0.4) is 0 Å². The van der Waals surface area contributed by atoms with Gasteiger partial charge in [0.1, 0.15) is 0 Å². The molecule has 5 nitrogen and oxygen atoms in total. The van der Waals surface area contributed by atoms with Gasteiger partial charge in [0.15, 0.2) is 5.03 Å². The van der Waals surface area contributed by atoms with E-state index in [1.807, 2.05) is 18.7 Å². The molecular weight excluding hydrogens is 282 g/mol. The van der Waals surface area contributed by atoms with Crippen LogP contribution < -0.4 is 10.0 Å². The summed E-state index contributed by atoms with van der Waals surface area (Å²) in [5.74, 6) is 2.02. The minimum atomic E-state index is -3.55. The quantitative estimate of drug-likeness (QED) is 0.866. The minimum absolute atomic E-state index is 0.0303. The molecule has 7 heteroatoms. The smallest absolute Gasteiger partial charge is 0.260 e. The average Bonchev–Trinajstić information content (AvgIpc) is 2.40. The first-order chi connectivity index (χ1) is 9.13.